The Morgan fingerprint density at radius 1 is 1.27 bits per heavy atom. The van der Waals surface area contributed by atoms with E-state index in [1.54, 1.807) is 4.90 Å². The number of amides is 3. The SMILES string of the molecule is CCNC(=O)[C@@H]1Cc2ccccc2N1C(=O)Nc1cccs1. The number of carbonyl (C=O) groups excluding carboxylic acids is 2. The second-order valence-corrected chi connectivity index (χ2v) is 5.97. The van der Waals surface area contributed by atoms with Gasteiger partial charge in [-0.1, -0.05) is 18.2 Å². The van der Waals surface area contributed by atoms with Crippen LogP contribution >= 0.6 is 11.3 Å². The van der Waals surface area contributed by atoms with Crippen molar-refractivity contribution in [3.05, 3.63) is 47.3 Å². The third kappa shape index (κ3) is 2.69. The third-order valence-corrected chi connectivity index (χ3v) is 4.39. The summed E-state index contributed by atoms with van der Waals surface area (Å²) in [4.78, 5) is 26.5. The van der Waals surface area contributed by atoms with Crippen LogP contribution in [0.15, 0.2) is 41.8 Å². The average molecular weight is 315 g/mol. The van der Waals surface area contributed by atoms with E-state index >= 15 is 0 Å². The van der Waals surface area contributed by atoms with E-state index < -0.39 is 6.04 Å². The fourth-order valence-electron chi connectivity index (χ4n) is 2.65. The number of anilines is 2. The third-order valence-electron chi connectivity index (χ3n) is 3.60. The zero-order valence-electron chi connectivity index (χ0n) is 12.2. The maximum atomic E-state index is 12.6. The Balaban J connectivity index is 1.89. The first-order valence-electron chi connectivity index (χ1n) is 7.20. The van der Waals surface area contributed by atoms with Crippen LogP contribution in [0.1, 0.15) is 12.5 Å². The zero-order chi connectivity index (χ0) is 15.5. The van der Waals surface area contributed by atoms with Crippen molar-refractivity contribution < 1.29 is 9.59 Å². The van der Waals surface area contributed by atoms with Crippen molar-refractivity contribution in [1.29, 1.82) is 0 Å². The van der Waals surface area contributed by atoms with E-state index in [-0.39, 0.29) is 11.9 Å². The lowest BCUT2D eigenvalue weighted by Crippen LogP contribution is -2.49. The van der Waals surface area contributed by atoms with Gasteiger partial charge in [0.2, 0.25) is 5.91 Å². The molecular formula is C16H17N3O2S. The number of carbonyl (C=O) groups is 2. The van der Waals surface area contributed by atoms with Crippen LogP contribution < -0.4 is 15.5 Å². The monoisotopic (exact) mass is 315 g/mol. The Morgan fingerprint density at radius 3 is 2.82 bits per heavy atom. The van der Waals surface area contributed by atoms with Crippen molar-refractivity contribution in [2.75, 3.05) is 16.8 Å². The van der Waals surface area contributed by atoms with Gasteiger partial charge in [0.1, 0.15) is 6.04 Å². The Morgan fingerprint density at radius 2 is 2.09 bits per heavy atom. The van der Waals surface area contributed by atoms with Crippen molar-refractivity contribution in [2.45, 2.75) is 19.4 Å². The van der Waals surface area contributed by atoms with Gasteiger partial charge in [-0.2, -0.15) is 0 Å². The summed E-state index contributed by atoms with van der Waals surface area (Å²) in [6, 6.07) is 10.6. The predicted octanol–water partition coefficient (Wildman–Crippen LogP) is 2.85. The molecule has 1 aliphatic rings. The highest BCUT2D eigenvalue weighted by Gasteiger charge is 2.38. The molecule has 5 nitrogen and oxygen atoms in total. The van der Waals surface area contributed by atoms with E-state index in [0.29, 0.717) is 13.0 Å². The molecule has 0 radical (unpaired) electrons. The lowest BCUT2D eigenvalue weighted by atomic mass is 10.1. The summed E-state index contributed by atoms with van der Waals surface area (Å²) in [5, 5.41) is 8.33. The summed E-state index contributed by atoms with van der Waals surface area (Å²) < 4.78 is 0. The number of nitrogens with zero attached hydrogens (tertiary/aromatic N) is 1. The maximum absolute atomic E-state index is 12.6. The van der Waals surface area contributed by atoms with Crippen LogP contribution in [0.5, 0.6) is 0 Å². The molecule has 0 unspecified atom stereocenters. The van der Waals surface area contributed by atoms with Gasteiger partial charge in [0.05, 0.1) is 5.00 Å². The zero-order valence-corrected chi connectivity index (χ0v) is 13.0. The number of hydrogen-bond acceptors (Lipinski definition) is 3. The van der Waals surface area contributed by atoms with Crippen LogP contribution in [0.4, 0.5) is 15.5 Å². The molecule has 3 amide bonds. The second kappa shape index (κ2) is 6.19. The van der Waals surface area contributed by atoms with E-state index in [1.165, 1.54) is 11.3 Å². The Hall–Kier alpha value is -2.34. The highest BCUT2D eigenvalue weighted by atomic mass is 32.1. The van der Waals surface area contributed by atoms with Crippen LogP contribution in [0, 0.1) is 0 Å². The summed E-state index contributed by atoms with van der Waals surface area (Å²) in [6.45, 7) is 2.42. The Labute approximate surface area is 132 Å². The number of thiophene rings is 1. The quantitative estimate of drug-likeness (QED) is 0.915. The number of hydrogen-bond donors (Lipinski definition) is 2. The van der Waals surface area contributed by atoms with E-state index in [4.69, 9.17) is 0 Å². The van der Waals surface area contributed by atoms with Crippen LogP contribution in [0.3, 0.4) is 0 Å². The molecule has 2 aromatic rings. The molecule has 114 valence electrons. The van der Waals surface area contributed by atoms with E-state index in [0.717, 1.165) is 16.3 Å². The number of benzene rings is 1. The van der Waals surface area contributed by atoms with Gasteiger partial charge in [-0.3, -0.25) is 15.0 Å². The van der Waals surface area contributed by atoms with Gasteiger partial charge in [-0.15, -0.1) is 11.3 Å². The molecule has 0 spiro atoms. The molecule has 0 saturated carbocycles. The van der Waals surface area contributed by atoms with Crippen molar-refractivity contribution in [2.24, 2.45) is 0 Å². The van der Waals surface area contributed by atoms with Crippen molar-refractivity contribution in [1.82, 2.24) is 5.32 Å². The molecule has 6 heteroatoms. The standard InChI is InChI=1S/C16H17N3O2S/c1-2-17-15(20)13-10-11-6-3-4-7-12(11)19(13)16(21)18-14-8-5-9-22-14/h3-9,13H,2,10H2,1H3,(H,17,20)(H,18,21)/t13-/m0/s1. The molecular weight excluding hydrogens is 298 g/mol. The molecule has 2 heterocycles. The van der Waals surface area contributed by atoms with Gasteiger partial charge < -0.3 is 5.32 Å². The molecule has 1 atom stereocenters. The summed E-state index contributed by atoms with van der Waals surface area (Å²) >= 11 is 1.45. The molecule has 1 aliphatic heterocycles. The highest BCUT2D eigenvalue weighted by molar-refractivity contribution is 7.14. The fraction of sp³-hybridized carbons (Fsp3) is 0.250. The molecule has 0 fully saturated rings. The number of fused-ring (bicyclic) bond motifs is 1. The Bertz CT molecular complexity index is 684. The number of likely N-dealkylation sites (N-methyl/N-ethyl adjacent to an activating group) is 1. The molecule has 0 aliphatic carbocycles. The lowest BCUT2D eigenvalue weighted by molar-refractivity contribution is -0.122. The smallest absolute Gasteiger partial charge is 0.327 e. The topological polar surface area (TPSA) is 61.4 Å². The second-order valence-electron chi connectivity index (χ2n) is 5.02. The number of rotatable bonds is 3. The largest absolute Gasteiger partial charge is 0.355 e. The van der Waals surface area contributed by atoms with Crippen molar-refractivity contribution >= 4 is 34.0 Å². The minimum atomic E-state index is -0.502. The highest BCUT2D eigenvalue weighted by Crippen LogP contribution is 2.33. The van der Waals surface area contributed by atoms with Gasteiger partial charge in [0, 0.05) is 18.7 Å². The van der Waals surface area contributed by atoms with Gasteiger partial charge in [-0.25, -0.2) is 4.79 Å². The summed E-state index contributed by atoms with van der Waals surface area (Å²) in [5.41, 5.74) is 1.81. The number of nitrogens with one attached hydrogen (secondary N) is 2. The van der Waals surface area contributed by atoms with Crippen LogP contribution in [0.25, 0.3) is 0 Å². The molecule has 22 heavy (non-hydrogen) atoms. The lowest BCUT2D eigenvalue weighted by Gasteiger charge is -2.24. The van der Waals surface area contributed by atoms with Crippen LogP contribution in [-0.2, 0) is 11.2 Å². The van der Waals surface area contributed by atoms with Gasteiger partial charge in [0.15, 0.2) is 0 Å². The average Bonchev–Trinajstić information content (AvgIpc) is 3.14. The maximum Gasteiger partial charge on any atom is 0.327 e. The fourth-order valence-corrected chi connectivity index (χ4v) is 3.26. The van der Waals surface area contributed by atoms with Crippen LogP contribution in [-0.4, -0.2) is 24.5 Å². The first-order chi connectivity index (χ1) is 10.7. The van der Waals surface area contributed by atoms with Crippen molar-refractivity contribution in [3.63, 3.8) is 0 Å². The van der Waals surface area contributed by atoms with Gasteiger partial charge in [-0.05, 0) is 36.1 Å². The minimum Gasteiger partial charge on any atom is -0.355 e. The molecule has 1 aromatic carbocycles. The van der Waals surface area contributed by atoms with Crippen molar-refractivity contribution in [3.8, 4) is 0 Å². The first kappa shape index (κ1) is 14.6. The minimum absolute atomic E-state index is 0.125. The molecule has 1 aromatic heterocycles. The number of para-hydroxylation sites is 1. The summed E-state index contributed by atoms with van der Waals surface area (Å²) in [6.07, 6.45) is 0.542. The predicted molar refractivity (Wildman–Crippen MR) is 88.4 cm³/mol. The van der Waals surface area contributed by atoms with Gasteiger partial charge in [0.25, 0.3) is 0 Å². The number of urea groups is 1. The van der Waals surface area contributed by atoms with Crippen LogP contribution in [0.2, 0.25) is 0 Å². The van der Waals surface area contributed by atoms with Gasteiger partial charge >= 0.3 is 6.03 Å². The van der Waals surface area contributed by atoms with E-state index in [2.05, 4.69) is 10.6 Å². The molecule has 2 N–H and O–H groups in total. The molecule has 3 rings (SSSR count). The molecule has 0 saturated heterocycles. The molecule has 0 bridgehead atoms. The van der Waals surface area contributed by atoms with E-state index in [1.807, 2.05) is 48.7 Å². The summed E-state index contributed by atoms with van der Waals surface area (Å²) in [7, 11) is 0. The Kier molecular flexibility index (Phi) is 4.11. The van der Waals surface area contributed by atoms with E-state index in [9.17, 15) is 9.59 Å². The summed E-state index contributed by atoms with van der Waals surface area (Å²) in [5.74, 6) is -0.125. The first-order valence-corrected chi connectivity index (χ1v) is 8.08. The normalized spacial score (nSPS) is 16.2.